The Balaban J connectivity index is 2.27. The van der Waals surface area contributed by atoms with Crippen LogP contribution in [0, 0.1) is 20.8 Å². The first kappa shape index (κ1) is 11.1. The molecule has 0 N–H and O–H groups in total. The van der Waals surface area contributed by atoms with Gasteiger partial charge in [-0.05, 0) is 38.5 Å². The molecule has 0 saturated heterocycles. The topological polar surface area (TPSA) is 25.8 Å². The first-order valence-corrected chi connectivity index (χ1v) is 6.00. The van der Waals surface area contributed by atoms with Crippen molar-refractivity contribution in [3.05, 3.63) is 47.4 Å². The van der Waals surface area contributed by atoms with Crippen molar-refractivity contribution in [2.75, 3.05) is 0 Å². The molecule has 0 fully saturated rings. The molecule has 1 aromatic carbocycles. The highest BCUT2D eigenvalue weighted by atomic mass is 32.2. The van der Waals surface area contributed by atoms with Gasteiger partial charge in [0.2, 0.25) is 0 Å². The summed E-state index contributed by atoms with van der Waals surface area (Å²) in [6, 6.07) is 8.47. The lowest BCUT2D eigenvalue weighted by Crippen LogP contribution is -1.87. The zero-order valence-electron chi connectivity index (χ0n) is 9.69. The number of benzene rings is 1. The molecule has 2 nitrogen and oxygen atoms in total. The van der Waals surface area contributed by atoms with E-state index >= 15 is 0 Å². The molecular formula is C13H14N2S. The zero-order chi connectivity index (χ0) is 11.5. The summed E-state index contributed by atoms with van der Waals surface area (Å²) in [6.07, 6.45) is 1.61. The van der Waals surface area contributed by atoms with E-state index < -0.39 is 0 Å². The molecule has 0 bridgehead atoms. The van der Waals surface area contributed by atoms with Gasteiger partial charge in [-0.3, -0.25) is 0 Å². The standard InChI is InChI=1S/C13H14N2S/c1-9-4-5-12(10(2)6-9)16-13-7-11(3)14-8-15-13/h4-8H,1-3H3. The largest absolute Gasteiger partial charge is 0.242 e. The number of hydrogen-bond donors (Lipinski definition) is 0. The van der Waals surface area contributed by atoms with E-state index in [-0.39, 0.29) is 0 Å². The molecule has 0 atom stereocenters. The molecule has 82 valence electrons. The molecule has 1 aromatic heterocycles. The quantitative estimate of drug-likeness (QED) is 0.738. The summed E-state index contributed by atoms with van der Waals surface area (Å²) in [4.78, 5) is 9.60. The normalized spacial score (nSPS) is 10.4. The van der Waals surface area contributed by atoms with Crippen LogP contribution in [0.2, 0.25) is 0 Å². The van der Waals surface area contributed by atoms with Gasteiger partial charge in [-0.2, -0.15) is 0 Å². The Hall–Kier alpha value is -1.35. The van der Waals surface area contributed by atoms with Gasteiger partial charge in [-0.15, -0.1) is 0 Å². The van der Waals surface area contributed by atoms with Crippen LogP contribution in [-0.2, 0) is 0 Å². The van der Waals surface area contributed by atoms with Gasteiger partial charge in [0.25, 0.3) is 0 Å². The van der Waals surface area contributed by atoms with Crippen molar-refractivity contribution in [2.24, 2.45) is 0 Å². The van der Waals surface area contributed by atoms with Gasteiger partial charge in [0.1, 0.15) is 11.4 Å². The van der Waals surface area contributed by atoms with Crippen molar-refractivity contribution in [1.29, 1.82) is 0 Å². The molecule has 3 heteroatoms. The monoisotopic (exact) mass is 230 g/mol. The van der Waals surface area contributed by atoms with Crippen LogP contribution in [0.25, 0.3) is 0 Å². The van der Waals surface area contributed by atoms with Crippen LogP contribution in [0.5, 0.6) is 0 Å². The summed E-state index contributed by atoms with van der Waals surface area (Å²) in [6.45, 7) is 6.22. The predicted molar refractivity (Wildman–Crippen MR) is 66.8 cm³/mol. The average molecular weight is 230 g/mol. The number of nitrogens with zero attached hydrogens (tertiary/aromatic N) is 2. The van der Waals surface area contributed by atoms with Gasteiger partial charge in [-0.1, -0.05) is 29.5 Å². The van der Waals surface area contributed by atoms with Crippen LogP contribution < -0.4 is 0 Å². The third kappa shape index (κ3) is 2.61. The minimum atomic E-state index is 0.999. The Bertz CT molecular complexity index is 509. The fourth-order valence-electron chi connectivity index (χ4n) is 1.51. The fourth-order valence-corrected chi connectivity index (χ4v) is 2.42. The molecular weight excluding hydrogens is 216 g/mol. The molecule has 2 aromatic rings. The average Bonchev–Trinajstić information content (AvgIpc) is 2.22. The van der Waals surface area contributed by atoms with E-state index in [1.165, 1.54) is 16.0 Å². The molecule has 0 spiro atoms. The second-order valence-electron chi connectivity index (χ2n) is 3.87. The van der Waals surface area contributed by atoms with Gasteiger partial charge >= 0.3 is 0 Å². The van der Waals surface area contributed by atoms with Crippen molar-refractivity contribution >= 4 is 11.8 Å². The molecule has 2 rings (SSSR count). The fraction of sp³-hybridized carbons (Fsp3) is 0.231. The molecule has 0 aliphatic heterocycles. The molecule has 0 saturated carbocycles. The zero-order valence-corrected chi connectivity index (χ0v) is 10.5. The van der Waals surface area contributed by atoms with Gasteiger partial charge in [0.15, 0.2) is 0 Å². The van der Waals surface area contributed by atoms with Crippen molar-refractivity contribution in [3.63, 3.8) is 0 Å². The summed E-state index contributed by atoms with van der Waals surface area (Å²) in [5, 5.41) is 0.999. The maximum absolute atomic E-state index is 4.25. The Kier molecular flexibility index (Phi) is 3.25. The highest BCUT2D eigenvalue weighted by molar-refractivity contribution is 7.99. The van der Waals surface area contributed by atoms with Crippen molar-refractivity contribution in [3.8, 4) is 0 Å². The maximum Gasteiger partial charge on any atom is 0.116 e. The van der Waals surface area contributed by atoms with Crippen molar-refractivity contribution < 1.29 is 0 Å². The Morgan fingerprint density at radius 2 is 1.81 bits per heavy atom. The van der Waals surface area contributed by atoms with Gasteiger partial charge in [0.05, 0.1) is 0 Å². The second kappa shape index (κ2) is 4.66. The molecule has 0 aliphatic rings. The predicted octanol–water partition coefficient (Wildman–Crippen LogP) is 3.55. The van der Waals surface area contributed by atoms with Crippen molar-refractivity contribution in [2.45, 2.75) is 30.7 Å². The first-order valence-electron chi connectivity index (χ1n) is 5.19. The number of rotatable bonds is 2. The molecule has 16 heavy (non-hydrogen) atoms. The smallest absolute Gasteiger partial charge is 0.116 e. The Morgan fingerprint density at radius 1 is 1.00 bits per heavy atom. The van der Waals surface area contributed by atoms with Crippen LogP contribution in [0.4, 0.5) is 0 Å². The first-order chi connectivity index (χ1) is 7.65. The lowest BCUT2D eigenvalue weighted by molar-refractivity contribution is 1.00. The Morgan fingerprint density at radius 3 is 2.50 bits per heavy atom. The van der Waals surface area contributed by atoms with E-state index in [9.17, 15) is 0 Å². The summed E-state index contributed by atoms with van der Waals surface area (Å²) in [5.41, 5.74) is 3.59. The number of aromatic nitrogens is 2. The highest BCUT2D eigenvalue weighted by Crippen LogP contribution is 2.29. The van der Waals surface area contributed by atoms with Crippen LogP contribution in [0.3, 0.4) is 0 Å². The molecule has 0 amide bonds. The van der Waals surface area contributed by atoms with Crippen LogP contribution in [0.1, 0.15) is 16.8 Å². The third-order valence-electron chi connectivity index (χ3n) is 2.32. The van der Waals surface area contributed by atoms with Gasteiger partial charge in [-0.25, -0.2) is 9.97 Å². The minimum absolute atomic E-state index is 0.999. The summed E-state index contributed by atoms with van der Waals surface area (Å²) >= 11 is 1.69. The summed E-state index contributed by atoms with van der Waals surface area (Å²) in [7, 11) is 0. The Labute approximate surface area is 100 Å². The van der Waals surface area contributed by atoms with Crippen LogP contribution in [0.15, 0.2) is 40.5 Å². The summed E-state index contributed by atoms with van der Waals surface area (Å²) in [5.74, 6) is 0. The highest BCUT2D eigenvalue weighted by Gasteiger charge is 2.02. The SMILES string of the molecule is Cc1ccc(Sc2cc(C)ncn2)c(C)c1. The number of hydrogen-bond acceptors (Lipinski definition) is 3. The van der Waals surface area contributed by atoms with Crippen LogP contribution >= 0.6 is 11.8 Å². The molecule has 0 radical (unpaired) electrons. The van der Waals surface area contributed by atoms with Crippen molar-refractivity contribution in [1.82, 2.24) is 9.97 Å². The second-order valence-corrected chi connectivity index (χ2v) is 4.93. The minimum Gasteiger partial charge on any atom is -0.242 e. The lowest BCUT2D eigenvalue weighted by atomic mass is 10.2. The van der Waals surface area contributed by atoms with E-state index in [0.29, 0.717) is 0 Å². The molecule has 0 aliphatic carbocycles. The third-order valence-corrected chi connectivity index (χ3v) is 3.43. The lowest BCUT2D eigenvalue weighted by Gasteiger charge is -2.05. The van der Waals surface area contributed by atoms with E-state index in [2.05, 4.69) is 42.0 Å². The van der Waals surface area contributed by atoms with Crippen LogP contribution in [-0.4, -0.2) is 9.97 Å². The molecule has 0 unspecified atom stereocenters. The van der Waals surface area contributed by atoms with E-state index in [4.69, 9.17) is 0 Å². The molecule has 1 heterocycles. The number of aryl methyl sites for hydroxylation is 3. The summed E-state index contributed by atoms with van der Waals surface area (Å²) < 4.78 is 0. The van der Waals surface area contributed by atoms with Gasteiger partial charge in [0, 0.05) is 10.6 Å². The van der Waals surface area contributed by atoms with Gasteiger partial charge < -0.3 is 0 Å². The van der Waals surface area contributed by atoms with E-state index in [1.54, 1.807) is 18.1 Å². The van der Waals surface area contributed by atoms with E-state index in [1.807, 2.05) is 13.0 Å². The maximum atomic E-state index is 4.25. The van der Waals surface area contributed by atoms with E-state index in [0.717, 1.165) is 10.7 Å².